The predicted octanol–water partition coefficient (Wildman–Crippen LogP) is 3.11. The zero-order valence-electron chi connectivity index (χ0n) is 14.8. The van der Waals surface area contributed by atoms with Crippen LogP contribution in [0.25, 0.3) is 0 Å². The van der Waals surface area contributed by atoms with Crippen molar-refractivity contribution in [2.24, 2.45) is 11.1 Å². The van der Waals surface area contributed by atoms with Crippen molar-refractivity contribution in [2.45, 2.75) is 53.1 Å². The minimum atomic E-state index is -0.147. The molecule has 0 radical (unpaired) electrons. The molecule has 1 amide bonds. The molecule has 0 bridgehead atoms. The van der Waals surface area contributed by atoms with Gasteiger partial charge < -0.3 is 11.1 Å². The first-order chi connectivity index (χ1) is 10.2. The molecule has 23 heavy (non-hydrogen) atoms. The molecule has 2 unspecified atom stereocenters. The molecule has 130 valence electrons. The van der Waals surface area contributed by atoms with E-state index in [1.807, 2.05) is 32.9 Å². The van der Waals surface area contributed by atoms with Crippen LogP contribution in [0.15, 0.2) is 18.2 Å². The summed E-state index contributed by atoms with van der Waals surface area (Å²) in [6.45, 7) is 12.1. The van der Waals surface area contributed by atoms with E-state index in [0.717, 1.165) is 36.3 Å². The van der Waals surface area contributed by atoms with E-state index in [0.29, 0.717) is 0 Å². The van der Waals surface area contributed by atoms with Crippen LogP contribution >= 0.6 is 12.4 Å². The number of nitrogens with zero attached hydrogens (tertiary/aromatic N) is 1. The maximum absolute atomic E-state index is 12.6. The zero-order chi connectivity index (χ0) is 16.5. The molecule has 1 aliphatic rings. The van der Waals surface area contributed by atoms with Gasteiger partial charge in [0, 0.05) is 24.8 Å². The van der Waals surface area contributed by atoms with Crippen molar-refractivity contribution in [3.8, 4) is 0 Å². The van der Waals surface area contributed by atoms with Gasteiger partial charge in [0.15, 0.2) is 0 Å². The van der Waals surface area contributed by atoms with E-state index in [1.165, 1.54) is 0 Å². The Hall–Kier alpha value is -1.10. The molecule has 1 aromatic carbocycles. The number of benzene rings is 1. The lowest BCUT2D eigenvalue weighted by molar-refractivity contribution is -0.122. The van der Waals surface area contributed by atoms with Gasteiger partial charge in [-0.3, -0.25) is 9.69 Å². The Bertz CT molecular complexity index is 559. The lowest BCUT2D eigenvalue weighted by atomic mass is 9.79. The first kappa shape index (κ1) is 19.9. The van der Waals surface area contributed by atoms with E-state index in [4.69, 9.17) is 5.73 Å². The van der Waals surface area contributed by atoms with Crippen LogP contribution in [0.5, 0.6) is 0 Å². The van der Waals surface area contributed by atoms with E-state index in [2.05, 4.69) is 30.1 Å². The van der Waals surface area contributed by atoms with E-state index in [-0.39, 0.29) is 35.8 Å². The van der Waals surface area contributed by atoms with E-state index in [1.54, 1.807) is 0 Å². The number of carbonyl (C=O) groups excluding carboxylic acids is 1. The molecule has 1 fully saturated rings. The van der Waals surface area contributed by atoms with Crippen molar-refractivity contribution in [1.29, 1.82) is 0 Å². The van der Waals surface area contributed by atoms with Crippen LogP contribution in [-0.2, 0) is 4.79 Å². The molecule has 2 atom stereocenters. The first-order valence-electron chi connectivity index (χ1n) is 8.08. The predicted molar refractivity (Wildman–Crippen MR) is 99.2 cm³/mol. The molecule has 3 N–H and O–H groups in total. The minimum absolute atomic E-state index is 0. The van der Waals surface area contributed by atoms with Crippen LogP contribution in [0, 0.1) is 19.3 Å². The number of piperidine rings is 1. The van der Waals surface area contributed by atoms with E-state index >= 15 is 0 Å². The number of hydrogen-bond donors (Lipinski definition) is 2. The second-order valence-electron chi connectivity index (χ2n) is 7.34. The summed E-state index contributed by atoms with van der Waals surface area (Å²) in [7, 11) is 0. The molecule has 1 aromatic rings. The second-order valence-corrected chi connectivity index (χ2v) is 7.34. The third-order valence-electron chi connectivity index (χ3n) is 4.92. The van der Waals surface area contributed by atoms with Crippen LogP contribution in [0.2, 0.25) is 0 Å². The lowest BCUT2D eigenvalue weighted by Gasteiger charge is -2.44. The Kier molecular flexibility index (Phi) is 6.63. The van der Waals surface area contributed by atoms with Gasteiger partial charge in [0.05, 0.1) is 6.04 Å². The van der Waals surface area contributed by atoms with Crippen LogP contribution in [-0.4, -0.2) is 36.0 Å². The fourth-order valence-corrected chi connectivity index (χ4v) is 3.02. The molecule has 0 saturated carbocycles. The number of anilines is 1. The number of hydrogen-bond acceptors (Lipinski definition) is 3. The van der Waals surface area contributed by atoms with E-state index < -0.39 is 0 Å². The summed E-state index contributed by atoms with van der Waals surface area (Å²) < 4.78 is 0. The van der Waals surface area contributed by atoms with Gasteiger partial charge in [-0.2, -0.15) is 0 Å². The normalized spacial score (nSPS) is 22.1. The van der Waals surface area contributed by atoms with Crippen LogP contribution in [0.1, 0.15) is 38.3 Å². The minimum Gasteiger partial charge on any atom is -0.327 e. The molecule has 4 nitrogen and oxygen atoms in total. The Labute approximate surface area is 146 Å². The molecule has 2 rings (SSSR count). The van der Waals surface area contributed by atoms with Gasteiger partial charge >= 0.3 is 0 Å². The smallest absolute Gasteiger partial charge is 0.241 e. The summed E-state index contributed by atoms with van der Waals surface area (Å²) >= 11 is 0. The molecule has 0 aliphatic carbocycles. The van der Waals surface area contributed by atoms with E-state index in [9.17, 15) is 4.79 Å². The Morgan fingerprint density at radius 3 is 2.65 bits per heavy atom. The van der Waals surface area contributed by atoms with Gasteiger partial charge in [0.1, 0.15) is 0 Å². The number of amides is 1. The summed E-state index contributed by atoms with van der Waals surface area (Å²) in [6, 6.07) is 6.18. The molecule has 0 aromatic heterocycles. The maximum Gasteiger partial charge on any atom is 0.241 e. The first-order valence-corrected chi connectivity index (χ1v) is 8.08. The van der Waals surface area contributed by atoms with Crippen LogP contribution in [0.4, 0.5) is 5.69 Å². The molecular formula is C18H30ClN3O. The Morgan fingerprint density at radius 1 is 1.39 bits per heavy atom. The summed E-state index contributed by atoms with van der Waals surface area (Å²) in [6.07, 6.45) is 0.939. The number of likely N-dealkylation sites (tertiary alicyclic amines) is 1. The number of aryl methyl sites for hydroxylation is 2. The third-order valence-corrected chi connectivity index (χ3v) is 4.92. The summed E-state index contributed by atoms with van der Waals surface area (Å²) in [4.78, 5) is 14.8. The van der Waals surface area contributed by atoms with Gasteiger partial charge in [0.25, 0.3) is 0 Å². The Balaban J connectivity index is 0.00000264. The fraction of sp³-hybridized carbons (Fsp3) is 0.611. The quantitative estimate of drug-likeness (QED) is 0.889. The zero-order valence-corrected chi connectivity index (χ0v) is 15.7. The number of rotatable bonds is 3. The standard InChI is InChI=1S/C18H29N3O.ClH/c1-12-6-7-13(2)15(10-12)20-17(22)14(3)21-9-8-16(19)18(4,5)11-21;/h6-7,10,14,16H,8-9,11,19H2,1-5H3,(H,20,22);1H. The highest BCUT2D eigenvalue weighted by Crippen LogP contribution is 2.29. The highest BCUT2D eigenvalue weighted by molar-refractivity contribution is 5.95. The van der Waals surface area contributed by atoms with Crippen LogP contribution < -0.4 is 11.1 Å². The highest BCUT2D eigenvalue weighted by Gasteiger charge is 2.36. The van der Waals surface area contributed by atoms with Gasteiger partial charge in [-0.05, 0) is 49.8 Å². The van der Waals surface area contributed by atoms with Gasteiger partial charge in [-0.25, -0.2) is 0 Å². The lowest BCUT2D eigenvalue weighted by Crippen LogP contribution is -2.56. The van der Waals surface area contributed by atoms with Crippen LogP contribution in [0.3, 0.4) is 0 Å². The van der Waals surface area contributed by atoms with Crippen molar-refractivity contribution >= 4 is 24.0 Å². The topological polar surface area (TPSA) is 58.4 Å². The molecule has 1 heterocycles. The summed E-state index contributed by atoms with van der Waals surface area (Å²) in [5.41, 5.74) is 9.38. The number of carbonyl (C=O) groups is 1. The summed E-state index contributed by atoms with van der Waals surface area (Å²) in [5, 5.41) is 3.07. The Morgan fingerprint density at radius 2 is 2.04 bits per heavy atom. The second kappa shape index (κ2) is 7.65. The molecule has 1 aliphatic heterocycles. The highest BCUT2D eigenvalue weighted by atomic mass is 35.5. The van der Waals surface area contributed by atoms with Gasteiger partial charge in [0.2, 0.25) is 5.91 Å². The SMILES string of the molecule is Cc1ccc(C)c(NC(=O)C(C)N2CCC(N)C(C)(C)C2)c1.Cl. The number of nitrogens with one attached hydrogen (secondary N) is 1. The maximum atomic E-state index is 12.6. The largest absolute Gasteiger partial charge is 0.327 e. The molecule has 0 spiro atoms. The fourth-order valence-electron chi connectivity index (χ4n) is 3.02. The average molecular weight is 340 g/mol. The van der Waals surface area contributed by atoms with Crippen molar-refractivity contribution in [3.05, 3.63) is 29.3 Å². The number of nitrogens with two attached hydrogens (primary N) is 1. The third kappa shape index (κ3) is 4.69. The van der Waals surface area contributed by atoms with Crippen molar-refractivity contribution in [1.82, 2.24) is 4.90 Å². The van der Waals surface area contributed by atoms with Crippen molar-refractivity contribution in [3.63, 3.8) is 0 Å². The van der Waals surface area contributed by atoms with Crippen molar-refractivity contribution < 1.29 is 4.79 Å². The number of halogens is 1. The summed E-state index contributed by atoms with van der Waals surface area (Å²) in [5.74, 6) is 0.0555. The molecular weight excluding hydrogens is 310 g/mol. The monoisotopic (exact) mass is 339 g/mol. The molecule has 5 heteroatoms. The van der Waals surface area contributed by atoms with Gasteiger partial charge in [-0.1, -0.05) is 26.0 Å². The van der Waals surface area contributed by atoms with Gasteiger partial charge in [-0.15, -0.1) is 12.4 Å². The van der Waals surface area contributed by atoms with Crippen molar-refractivity contribution in [2.75, 3.05) is 18.4 Å². The average Bonchev–Trinajstić information content (AvgIpc) is 2.45. The molecule has 1 saturated heterocycles.